The summed E-state index contributed by atoms with van der Waals surface area (Å²) in [7, 11) is 0. The molecule has 0 bridgehead atoms. The molecule has 0 radical (unpaired) electrons. The number of aromatic nitrogens is 2. The summed E-state index contributed by atoms with van der Waals surface area (Å²) in [6.07, 6.45) is 2.23. The van der Waals surface area contributed by atoms with Gasteiger partial charge < -0.3 is 15.5 Å². The van der Waals surface area contributed by atoms with E-state index in [-0.39, 0.29) is 5.91 Å². The average Bonchev–Trinajstić information content (AvgIpc) is 3.31. The summed E-state index contributed by atoms with van der Waals surface area (Å²) in [5.41, 5.74) is 4.15. The van der Waals surface area contributed by atoms with E-state index in [0.29, 0.717) is 6.54 Å². The molecule has 6 heteroatoms. The topological polar surface area (TPSA) is 70.2 Å². The van der Waals surface area contributed by atoms with E-state index in [9.17, 15) is 4.79 Å². The fourth-order valence-electron chi connectivity index (χ4n) is 3.49. The van der Waals surface area contributed by atoms with Crippen LogP contribution in [0.1, 0.15) is 45.8 Å². The highest BCUT2D eigenvalue weighted by Crippen LogP contribution is 2.22. The molecule has 25 heavy (non-hydrogen) atoms. The van der Waals surface area contributed by atoms with Crippen LogP contribution >= 0.6 is 0 Å². The SMILES string of the molecule is Cc1nc2c(c(NCc3ccc(C(=O)N4CCCC4)cc3)n1)CNC2. The molecule has 2 aliphatic heterocycles. The highest BCUT2D eigenvalue weighted by molar-refractivity contribution is 5.94. The molecule has 2 N–H and O–H groups in total. The number of aryl methyl sites for hydroxylation is 1. The van der Waals surface area contributed by atoms with E-state index in [1.54, 1.807) is 0 Å². The summed E-state index contributed by atoms with van der Waals surface area (Å²) in [4.78, 5) is 23.3. The zero-order valence-corrected chi connectivity index (χ0v) is 14.5. The molecule has 2 aromatic rings. The third kappa shape index (κ3) is 3.35. The third-order valence-corrected chi connectivity index (χ3v) is 4.85. The number of nitrogens with one attached hydrogen (secondary N) is 2. The highest BCUT2D eigenvalue weighted by atomic mass is 16.2. The van der Waals surface area contributed by atoms with Crippen molar-refractivity contribution in [2.75, 3.05) is 18.4 Å². The van der Waals surface area contributed by atoms with Gasteiger partial charge in [0, 0.05) is 43.9 Å². The normalized spacial score (nSPS) is 16.1. The smallest absolute Gasteiger partial charge is 0.253 e. The number of hydrogen-bond acceptors (Lipinski definition) is 5. The van der Waals surface area contributed by atoms with Gasteiger partial charge >= 0.3 is 0 Å². The second-order valence-corrected chi connectivity index (χ2v) is 6.70. The number of nitrogens with zero attached hydrogens (tertiary/aromatic N) is 3. The van der Waals surface area contributed by atoms with E-state index in [0.717, 1.165) is 73.0 Å². The molecule has 0 spiro atoms. The first-order chi connectivity index (χ1) is 12.2. The van der Waals surface area contributed by atoms with E-state index in [1.165, 1.54) is 0 Å². The Hall–Kier alpha value is -2.47. The Morgan fingerprint density at radius 1 is 1.16 bits per heavy atom. The maximum Gasteiger partial charge on any atom is 0.253 e. The van der Waals surface area contributed by atoms with Gasteiger partial charge in [-0.3, -0.25) is 4.79 Å². The zero-order valence-electron chi connectivity index (χ0n) is 14.5. The van der Waals surface area contributed by atoms with Crippen molar-refractivity contribution in [1.29, 1.82) is 0 Å². The molecule has 0 aliphatic carbocycles. The van der Waals surface area contributed by atoms with Crippen LogP contribution < -0.4 is 10.6 Å². The number of rotatable bonds is 4. The second-order valence-electron chi connectivity index (χ2n) is 6.70. The Balaban J connectivity index is 1.43. The molecule has 3 heterocycles. The Kier molecular flexibility index (Phi) is 4.36. The molecule has 1 aromatic carbocycles. The van der Waals surface area contributed by atoms with Gasteiger partial charge in [-0.05, 0) is 37.5 Å². The molecule has 0 unspecified atom stereocenters. The summed E-state index contributed by atoms with van der Waals surface area (Å²) < 4.78 is 0. The molecule has 1 aromatic heterocycles. The van der Waals surface area contributed by atoms with Gasteiger partial charge in [-0.15, -0.1) is 0 Å². The number of benzene rings is 1. The Morgan fingerprint density at radius 3 is 2.68 bits per heavy atom. The van der Waals surface area contributed by atoms with Crippen LogP contribution in [0.15, 0.2) is 24.3 Å². The summed E-state index contributed by atoms with van der Waals surface area (Å²) in [6.45, 7) is 5.98. The third-order valence-electron chi connectivity index (χ3n) is 4.85. The Morgan fingerprint density at radius 2 is 1.92 bits per heavy atom. The van der Waals surface area contributed by atoms with Crippen molar-refractivity contribution >= 4 is 11.7 Å². The monoisotopic (exact) mass is 337 g/mol. The van der Waals surface area contributed by atoms with Gasteiger partial charge in [-0.1, -0.05) is 12.1 Å². The van der Waals surface area contributed by atoms with Crippen molar-refractivity contribution < 1.29 is 4.79 Å². The van der Waals surface area contributed by atoms with Gasteiger partial charge in [0.25, 0.3) is 5.91 Å². The largest absolute Gasteiger partial charge is 0.366 e. The first-order valence-corrected chi connectivity index (χ1v) is 8.90. The lowest BCUT2D eigenvalue weighted by Gasteiger charge is -2.15. The molecule has 130 valence electrons. The standard InChI is InChI=1S/C19H23N5O/c1-13-22-17-12-20-11-16(17)18(23-13)21-10-14-4-6-15(7-5-14)19(25)24-8-2-3-9-24/h4-7,20H,2-3,8-12H2,1H3,(H,21,22,23). The van der Waals surface area contributed by atoms with Crippen LogP contribution in [-0.4, -0.2) is 33.9 Å². The highest BCUT2D eigenvalue weighted by Gasteiger charge is 2.20. The zero-order chi connectivity index (χ0) is 17.2. The van der Waals surface area contributed by atoms with Crippen molar-refractivity contribution in [1.82, 2.24) is 20.2 Å². The maximum absolute atomic E-state index is 12.4. The molecule has 0 atom stereocenters. The molecule has 2 aliphatic rings. The summed E-state index contributed by atoms with van der Waals surface area (Å²) in [5.74, 6) is 1.84. The van der Waals surface area contributed by atoms with Crippen LogP contribution in [-0.2, 0) is 19.6 Å². The van der Waals surface area contributed by atoms with E-state index >= 15 is 0 Å². The number of likely N-dealkylation sites (tertiary alicyclic amines) is 1. The lowest BCUT2D eigenvalue weighted by atomic mass is 10.1. The predicted octanol–water partition coefficient (Wildman–Crippen LogP) is 2.24. The number of carbonyl (C=O) groups is 1. The molecular weight excluding hydrogens is 314 g/mol. The molecule has 0 saturated carbocycles. The van der Waals surface area contributed by atoms with E-state index < -0.39 is 0 Å². The van der Waals surface area contributed by atoms with Gasteiger partial charge in [0.1, 0.15) is 11.6 Å². The fourth-order valence-corrected chi connectivity index (χ4v) is 3.49. The van der Waals surface area contributed by atoms with Crippen LogP contribution in [0.3, 0.4) is 0 Å². The number of amides is 1. The summed E-state index contributed by atoms with van der Waals surface area (Å²) in [5, 5.41) is 6.73. The minimum absolute atomic E-state index is 0.146. The molecule has 1 fully saturated rings. The maximum atomic E-state index is 12.4. The molecule has 1 saturated heterocycles. The van der Waals surface area contributed by atoms with Crippen molar-refractivity contribution in [3.63, 3.8) is 0 Å². The van der Waals surface area contributed by atoms with Crippen LogP contribution in [0, 0.1) is 6.92 Å². The van der Waals surface area contributed by atoms with Gasteiger partial charge in [0.05, 0.1) is 5.69 Å². The Bertz CT molecular complexity index is 781. The molecular formula is C19H23N5O. The first kappa shape index (κ1) is 16.0. The quantitative estimate of drug-likeness (QED) is 0.895. The second kappa shape index (κ2) is 6.80. The van der Waals surface area contributed by atoms with Gasteiger partial charge in [0.2, 0.25) is 0 Å². The first-order valence-electron chi connectivity index (χ1n) is 8.90. The minimum atomic E-state index is 0.146. The van der Waals surface area contributed by atoms with E-state index in [1.807, 2.05) is 36.1 Å². The lowest BCUT2D eigenvalue weighted by molar-refractivity contribution is 0.0793. The average molecular weight is 337 g/mol. The van der Waals surface area contributed by atoms with Crippen LogP contribution in [0.4, 0.5) is 5.82 Å². The number of hydrogen-bond donors (Lipinski definition) is 2. The van der Waals surface area contributed by atoms with Crippen LogP contribution in [0.5, 0.6) is 0 Å². The lowest BCUT2D eigenvalue weighted by Crippen LogP contribution is -2.27. The summed E-state index contributed by atoms with van der Waals surface area (Å²) >= 11 is 0. The minimum Gasteiger partial charge on any atom is -0.366 e. The van der Waals surface area contributed by atoms with Crippen molar-refractivity contribution in [3.05, 3.63) is 52.5 Å². The predicted molar refractivity (Wildman–Crippen MR) is 96.2 cm³/mol. The van der Waals surface area contributed by atoms with Crippen LogP contribution in [0.25, 0.3) is 0 Å². The number of carbonyl (C=O) groups excluding carboxylic acids is 1. The van der Waals surface area contributed by atoms with Gasteiger partial charge in [-0.2, -0.15) is 0 Å². The Labute approximate surface area is 147 Å². The van der Waals surface area contributed by atoms with E-state index in [4.69, 9.17) is 0 Å². The van der Waals surface area contributed by atoms with Crippen molar-refractivity contribution in [2.24, 2.45) is 0 Å². The fraction of sp³-hybridized carbons (Fsp3) is 0.421. The van der Waals surface area contributed by atoms with E-state index in [2.05, 4.69) is 20.6 Å². The summed E-state index contributed by atoms with van der Waals surface area (Å²) in [6, 6.07) is 7.88. The molecule has 4 rings (SSSR count). The number of anilines is 1. The molecule has 6 nitrogen and oxygen atoms in total. The molecule has 1 amide bonds. The van der Waals surface area contributed by atoms with Crippen molar-refractivity contribution in [3.8, 4) is 0 Å². The van der Waals surface area contributed by atoms with Crippen LogP contribution in [0.2, 0.25) is 0 Å². The van der Waals surface area contributed by atoms with Gasteiger partial charge in [0.15, 0.2) is 0 Å². The number of fused-ring (bicyclic) bond motifs is 1. The van der Waals surface area contributed by atoms with Crippen molar-refractivity contribution in [2.45, 2.75) is 39.4 Å². The van der Waals surface area contributed by atoms with Gasteiger partial charge in [-0.25, -0.2) is 9.97 Å².